The zero-order chi connectivity index (χ0) is 9.97. The van der Waals surface area contributed by atoms with E-state index in [1.165, 1.54) is 0 Å². The molecule has 2 heterocycles. The number of rotatable bonds is 3. The van der Waals surface area contributed by atoms with Crippen LogP contribution < -0.4 is 0 Å². The maximum atomic E-state index is 10.4. The largest absolute Gasteiger partial charge is 0.481 e. The average Bonchev–Trinajstić information content (AvgIpc) is 2.69. The first kappa shape index (κ1) is 8.62. The SMILES string of the molecule is O=C(O)Cc1ccc(-c2ccoc2)[nH]1. The standard InChI is InChI=1S/C10H9NO3/c12-10(13)5-8-1-2-9(11-8)7-3-4-14-6-7/h1-4,6,11H,5H2,(H,12,13). The Balaban J connectivity index is 2.22. The van der Waals surface area contributed by atoms with Gasteiger partial charge in [0.05, 0.1) is 18.9 Å². The zero-order valence-corrected chi connectivity index (χ0v) is 7.36. The number of carboxylic acid groups (broad SMARTS) is 1. The monoisotopic (exact) mass is 191 g/mol. The lowest BCUT2D eigenvalue weighted by Gasteiger charge is -1.92. The average molecular weight is 191 g/mol. The minimum absolute atomic E-state index is 0.0118. The normalized spacial score (nSPS) is 10.3. The third kappa shape index (κ3) is 1.69. The molecule has 72 valence electrons. The lowest BCUT2D eigenvalue weighted by molar-refractivity contribution is -0.136. The summed E-state index contributed by atoms with van der Waals surface area (Å²) in [6, 6.07) is 5.41. The van der Waals surface area contributed by atoms with Crippen LogP contribution in [0.2, 0.25) is 0 Å². The van der Waals surface area contributed by atoms with E-state index in [1.54, 1.807) is 18.6 Å². The second-order valence-corrected chi connectivity index (χ2v) is 2.98. The summed E-state index contributed by atoms with van der Waals surface area (Å²) in [5.41, 5.74) is 2.48. The van der Waals surface area contributed by atoms with Gasteiger partial charge in [-0.2, -0.15) is 0 Å². The van der Waals surface area contributed by atoms with E-state index in [4.69, 9.17) is 9.52 Å². The van der Waals surface area contributed by atoms with Gasteiger partial charge >= 0.3 is 5.97 Å². The van der Waals surface area contributed by atoms with Crippen molar-refractivity contribution in [3.05, 3.63) is 36.4 Å². The summed E-state index contributed by atoms with van der Waals surface area (Å²) in [7, 11) is 0. The molecule has 0 aliphatic heterocycles. The lowest BCUT2D eigenvalue weighted by Crippen LogP contribution is -1.99. The van der Waals surface area contributed by atoms with Gasteiger partial charge in [0.25, 0.3) is 0 Å². The van der Waals surface area contributed by atoms with Crippen LogP contribution in [0.1, 0.15) is 5.69 Å². The molecule has 0 radical (unpaired) electrons. The van der Waals surface area contributed by atoms with Crippen molar-refractivity contribution in [2.75, 3.05) is 0 Å². The van der Waals surface area contributed by atoms with E-state index in [0.29, 0.717) is 5.69 Å². The number of carbonyl (C=O) groups is 1. The fraction of sp³-hybridized carbons (Fsp3) is 0.100. The Morgan fingerprint density at radius 3 is 2.93 bits per heavy atom. The summed E-state index contributed by atoms with van der Waals surface area (Å²) in [5.74, 6) is -0.842. The molecule has 0 saturated carbocycles. The van der Waals surface area contributed by atoms with E-state index in [0.717, 1.165) is 11.3 Å². The van der Waals surface area contributed by atoms with Crippen molar-refractivity contribution in [3.8, 4) is 11.3 Å². The smallest absolute Gasteiger partial charge is 0.309 e. The number of carboxylic acids is 1. The number of nitrogens with one attached hydrogen (secondary N) is 1. The van der Waals surface area contributed by atoms with Crippen LogP contribution in [0.3, 0.4) is 0 Å². The van der Waals surface area contributed by atoms with Gasteiger partial charge in [0, 0.05) is 17.0 Å². The molecule has 2 rings (SSSR count). The number of aliphatic carboxylic acids is 1. The summed E-state index contributed by atoms with van der Waals surface area (Å²) >= 11 is 0. The van der Waals surface area contributed by atoms with Crippen molar-refractivity contribution in [1.82, 2.24) is 4.98 Å². The molecular formula is C10H9NO3. The number of aromatic nitrogens is 1. The van der Waals surface area contributed by atoms with Gasteiger partial charge in [0.15, 0.2) is 0 Å². The van der Waals surface area contributed by atoms with E-state index < -0.39 is 5.97 Å². The predicted octanol–water partition coefficient (Wildman–Crippen LogP) is 1.90. The van der Waals surface area contributed by atoms with Crippen LogP contribution in [-0.2, 0) is 11.2 Å². The summed E-state index contributed by atoms with van der Waals surface area (Å²) in [5, 5.41) is 8.57. The third-order valence-electron chi connectivity index (χ3n) is 1.92. The molecule has 0 aliphatic rings. The maximum Gasteiger partial charge on any atom is 0.309 e. The van der Waals surface area contributed by atoms with Gasteiger partial charge in [-0.1, -0.05) is 0 Å². The Bertz CT molecular complexity index is 428. The Morgan fingerprint density at radius 2 is 2.29 bits per heavy atom. The summed E-state index contributed by atoms with van der Waals surface area (Å²) in [6.07, 6.45) is 3.20. The Kier molecular flexibility index (Phi) is 2.10. The second kappa shape index (κ2) is 3.41. The van der Waals surface area contributed by atoms with Crippen molar-refractivity contribution >= 4 is 5.97 Å². The first-order valence-electron chi connectivity index (χ1n) is 4.18. The minimum atomic E-state index is -0.842. The molecule has 2 N–H and O–H groups in total. The highest BCUT2D eigenvalue weighted by Gasteiger charge is 2.05. The molecule has 0 atom stereocenters. The van der Waals surface area contributed by atoms with Gasteiger partial charge in [-0.25, -0.2) is 0 Å². The molecule has 0 unspecified atom stereocenters. The molecule has 0 aromatic carbocycles. The quantitative estimate of drug-likeness (QED) is 0.778. The minimum Gasteiger partial charge on any atom is -0.481 e. The first-order chi connectivity index (χ1) is 6.75. The number of hydrogen-bond donors (Lipinski definition) is 2. The van der Waals surface area contributed by atoms with Crippen LogP contribution in [0.15, 0.2) is 35.1 Å². The molecule has 2 aromatic heterocycles. The summed E-state index contributed by atoms with van der Waals surface area (Å²) in [6.45, 7) is 0. The van der Waals surface area contributed by atoms with Crippen molar-refractivity contribution < 1.29 is 14.3 Å². The van der Waals surface area contributed by atoms with Crippen LogP contribution in [0.25, 0.3) is 11.3 Å². The van der Waals surface area contributed by atoms with Crippen molar-refractivity contribution in [2.24, 2.45) is 0 Å². The molecule has 14 heavy (non-hydrogen) atoms. The molecule has 0 bridgehead atoms. The second-order valence-electron chi connectivity index (χ2n) is 2.98. The van der Waals surface area contributed by atoms with E-state index in [9.17, 15) is 4.79 Å². The highest BCUT2D eigenvalue weighted by atomic mass is 16.4. The number of aromatic amines is 1. The molecule has 0 spiro atoms. The van der Waals surface area contributed by atoms with E-state index in [2.05, 4.69) is 4.98 Å². The number of hydrogen-bond acceptors (Lipinski definition) is 2. The molecule has 0 aliphatic carbocycles. The fourth-order valence-corrected chi connectivity index (χ4v) is 1.29. The highest BCUT2D eigenvalue weighted by Crippen LogP contribution is 2.18. The first-order valence-corrected chi connectivity index (χ1v) is 4.18. The molecule has 0 fully saturated rings. The molecular weight excluding hydrogens is 182 g/mol. The third-order valence-corrected chi connectivity index (χ3v) is 1.92. The zero-order valence-electron chi connectivity index (χ0n) is 7.36. The van der Waals surface area contributed by atoms with Crippen molar-refractivity contribution in [2.45, 2.75) is 6.42 Å². The van der Waals surface area contributed by atoms with Crippen LogP contribution >= 0.6 is 0 Å². The molecule has 4 nitrogen and oxygen atoms in total. The topological polar surface area (TPSA) is 66.2 Å². The number of furan rings is 1. The van der Waals surface area contributed by atoms with Crippen LogP contribution in [0.4, 0.5) is 0 Å². The van der Waals surface area contributed by atoms with Crippen LogP contribution in [0, 0.1) is 0 Å². The Labute approximate surface area is 80.2 Å². The van der Waals surface area contributed by atoms with Gasteiger partial charge in [-0.3, -0.25) is 4.79 Å². The van der Waals surface area contributed by atoms with Crippen molar-refractivity contribution in [1.29, 1.82) is 0 Å². The van der Waals surface area contributed by atoms with Crippen molar-refractivity contribution in [3.63, 3.8) is 0 Å². The maximum absolute atomic E-state index is 10.4. The van der Waals surface area contributed by atoms with E-state index in [-0.39, 0.29) is 6.42 Å². The molecule has 4 heteroatoms. The van der Waals surface area contributed by atoms with Crippen LogP contribution in [0.5, 0.6) is 0 Å². The van der Waals surface area contributed by atoms with Gasteiger partial charge in [0.1, 0.15) is 0 Å². The van der Waals surface area contributed by atoms with Crippen LogP contribution in [-0.4, -0.2) is 16.1 Å². The van der Waals surface area contributed by atoms with Gasteiger partial charge in [-0.05, 0) is 18.2 Å². The Morgan fingerprint density at radius 1 is 1.43 bits per heavy atom. The van der Waals surface area contributed by atoms with E-state index in [1.807, 2.05) is 12.1 Å². The fourth-order valence-electron chi connectivity index (χ4n) is 1.29. The lowest BCUT2D eigenvalue weighted by atomic mass is 10.2. The van der Waals surface area contributed by atoms with Gasteiger partial charge in [0.2, 0.25) is 0 Å². The molecule has 2 aromatic rings. The van der Waals surface area contributed by atoms with Gasteiger partial charge in [-0.15, -0.1) is 0 Å². The Hall–Kier alpha value is -1.97. The summed E-state index contributed by atoms with van der Waals surface area (Å²) in [4.78, 5) is 13.4. The highest BCUT2D eigenvalue weighted by molar-refractivity contribution is 5.70. The van der Waals surface area contributed by atoms with E-state index >= 15 is 0 Å². The van der Waals surface area contributed by atoms with Gasteiger partial charge < -0.3 is 14.5 Å². The summed E-state index contributed by atoms with van der Waals surface area (Å²) < 4.78 is 4.92. The predicted molar refractivity (Wildman–Crippen MR) is 49.8 cm³/mol. The molecule has 0 amide bonds. The molecule has 0 saturated heterocycles. The number of H-pyrrole nitrogens is 1.